The summed E-state index contributed by atoms with van der Waals surface area (Å²) in [5.74, 6) is -2.47. The summed E-state index contributed by atoms with van der Waals surface area (Å²) in [5, 5.41) is 17.9. The summed E-state index contributed by atoms with van der Waals surface area (Å²) >= 11 is 0. The average molecular weight is 267 g/mol. The van der Waals surface area contributed by atoms with Crippen LogP contribution in [-0.4, -0.2) is 45.9 Å². The van der Waals surface area contributed by atoms with Crippen LogP contribution in [0.5, 0.6) is 0 Å². The van der Waals surface area contributed by atoms with Crippen molar-refractivity contribution in [3.63, 3.8) is 0 Å². The van der Waals surface area contributed by atoms with Crippen LogP contribution >= 0.6 is 0 Å². The summed E-state index contributed by atoms with van der Waals surface area (Å²) in [6, 6.07) is 8.90. The minimum Gasteiger partial charge on any atom is -0.479 e. The lowest BCUT2D eigenvalue weighted by atomic mass is 9.87. The van der Waals surface area contributed by atoms with Crippen LogP contribution in [0.3, 0.4) is 0 Å². The number of halogens is 1. The quantitative estimate of drug-likeness (QED) is 0.872. The van der Waals surface area contributed by atoms with E-state index in [1.54, 1.807) is 24.3 Å². The van der Waals surface area contributed by atoms with Gasteiger partial charge in [-0.3, -0.25) is 0 Å². The summed E-state index contributed by atoms with van der Waals surface area (Å²) in [6.45, 7) is -0.720. The molecule has 1 aliphatic rings. The molecule has 1 heterocycles. The number of nitrogens with zero attached hydrogens (tertiary/aromatic N) is 1. The van der Waals surface area contributed by atoms with Crippen LogP contribution in [0.4, 0.5) is 9.18 Å². The normalized spacial score (nSPS) is 26.4. The fourth-order valence-corrected chi connectivity index (χ4v) is 2.40. The maximum Gasteiger partial charge on any atom is 0.407 e. The lowest BCUT2D eigenvalue weighted by Gasteiger charge is -2.21. The third-order valence-corrected chi connectivity index (χ3v) is 3.46. The van der Waals surface area contributed by atoms with Crippen LogP contribution in [-0.2, 0) is 11.2 Å². The Morgan fingerprint density at radius 2 is 1.95 bits per heavy atom. The van der Waals surface area contributed by atoms with Crippen molar-refractivity contribution >= 4 is 12.1 Å². The Balaban J connectivity index is 2.21. The molecule has 1 amide bonds. The van der Waals surface area contributed by atoms with Crippen molar-refractivity contribution in [1.82, 2.24) is 4.90 Å². The van der Waals surface area contributed by atoms with Gasteiger partial charge in [-0.2, -0.15) is 0 Å². The topological polar surface area (TPSA) is 77.8 Å². The molecule has 0 aromatic heterocycles. The van der Waals surface area contributed by atoms with Crippen LogP contribution in [0.15, 0.2) is 30.3 Å². The third kappa shape index (κ3) is 2.52. The number of carboxylic acid groups (broad SMARTS) is 2. The summed E-state index contributed by atoms with van der Waals surface area (Å²) in [4.78, 5) is 22.8. The molecular formula is C13H14FNO4. The SMILES string of the molecule is O=C(O)N1C[C@@H](Cc2ccccc2)[C@](F)(C(=O)O)C1. The Kier molecular flexibility index (Phi) is 3.42. The molecule has 0 aliphatic carbocycles. The van der Waals surface area contributed by atoms with Gasteiger partial charge in [0.1, 0.15) is 0 Å². The van der Waals surface area contributed by atoms with Crippen molar-refractivity contribution in [3.05, 3.63) is 35.9 Å². The lowest BCUT2D eigenvalue weighted by molar-refractivity contribution is -0.152. The summed E-state index contributed by atoms with van der Waals surface area (Å²) < 4.78 is 14.5. The van der Waals surface area contributed by atoms with Gasteiger partial charge in [0.2, 0.25) is 5.67 Å². The van der Waals surface area contributed by atoms with Crippen LogP contribution in [0.25, 0.3) is 0 Å². The van der Waals surface area contributed by atoms with E-state index in [0.29, 0.717) is 0 Å². The highest BCUT2D eigenvalue weighted by Crippen LogP contribution is 2.34. The van der Waals surface area contributed by atoms with E-state index in [1.807, 2.05) is 6.07 Å². The highest BCUT2D eigenvalue weighted by molar-refractivity contribution is 5.80. The molecule has 1 saturated heterocycles. The number of aliphatic carboxylic acids is 1. The average Bonchev–Trinajstić information content (AvgIpc) is 2.70. The van der Waals surface area contributed by atoms with Gasteiger partial charge < -0.3 is 15.1 Å². The second kappa shape index (κ2) is 4.87. The minimum atomic E-state index is -2.52. The molecule has 1 fully saturated rings. The molecule has 19 heavy (non-hydrogen) atoms. The highest BCUT2D eigenvalue weighted by Gasteiger charge is 2.54. The van der Waals surface area contributed by atoms with E-state index < -0.39 is 30.2 Å². The van der Waals surface area contributed by atoms with E-state index in [4.69, 9.17) is 10.2 Å². The number of benzene rings is 1. The van der Waals surface area contributed by atoms with Crippen molar-refractivity contribution in [2.24, 2.45) is 5.92 Å². The second-order valence-electron chi connectivity index (χ2n) is 4.72. The van der Waals surface area contributed by atoms with Crippen LogP contribution in [0.1, 0.15) is 5.56 Å². The molecule has 1 aliphatic heterocycles. The van der Waals surface area contributed by atoms with Crippen molar-refractivity contribution in [3.8, 4) is 0 Å². The van der Waals surface area contributed by atoms with Gasteiger partial charge in [0.05, 0.1) is 6.54 Å². The Bertz CT molecular complexity index is 493. The van der Waals surface area contributed by atoms with Crippen LogP contribution in [0.2, 0.25) is 0 Å². The molecule has 2 rings (SSSR count). The third-order valence-electron chi connectivity index (χ3n) is 3.46. The zero-order chi connectivity index (χ0) is 14.0. The van der Waals surface area contributed by atoms with Crippen LogP contribution in [0, 0.1) is 5.92 Å². The Morgan fingerprint density at radius 1 is 1.32 bits per heavy atom. The van der Waals surface area contributed by atoms with E-state index >= 15 is 0 Å². The van der Waals surface area contributed by atoms with Gasteiger partial charge in [0.25, 0.3) is 0 Å². The second-order valence-corrected chi connectivity index (χ2v) is 4.72. The maximum atomic E-state index is 14.5. The molecule has 2 N–H and O–H groups in total. The number of alkyl halides is 1. The fraction of sp³-hybridized carbons (Fsp3) is 0.385. The molecule has 1 aromatic rings. The first-order valence-corrected chi connectivity index (χ1v) is 5.87. The highest BCUT2D eigenvalue weighted by atomic mass is 19.1. The standard InChI is InChI=1S/C13H14FNO4/c14-13(11(16)17)8-15(12(18)19)7-10(13)6-9-4-2-1-3-5-9/h1-5,10H,6-8H2,(H,16,17)(H,18,19)/t10-,13+/m1/s1. The van der Waals surface area contributed by atoms with Crippen molar-refractivity contribution in [1.29, 1.82) is 0 Å². The number of hydrogen-bond acceptors (Lipinski definition) is 2. The summed E-state index contributed by atoms with van der Waals surface area (Å²) in [7, 11) is 0. The van der Waals surface area contributed by atoms with Gasteiger partial charge in [0, 0.05) is 12.5 Å². The Morgan fingerprint density at radius 3 is 2.47 bits per heavy atom. The molecule has 0 bridgehead atoms. The van der Waals surface area contributed by atoms with Gasteiger partial charge in [-0.25, -0.2) is 14.0 Å². The predicted molar refractivity (Wildman–Crippen MR) is 64.7 cm³/mol. The van der Waals surface area contributed by atoms with E-state index in [2.05, 4.69) is 0 Å². The zero-order valence-corrected chi connectivity index (χ0v) is 10.1. The monoisotopic (exact) mass is 267 g/mol. The number of carboxylic acids is 1. The van der Waals surface area contributed by atoms with Gasteiger partial charge >= 0.3 is 12.1 Å². The number of amides is 1. The Labute approximate surface area is 109 Å². The van der Waals surface area contributed by atoms with Crippen molar-refractivity contribution < 1.29 is 24.2 Å². The number of carbonyl (C=O) groups is 2. The largest absolute Gasteiger partial charge is 0.479 e. The smallest absolute Gasteiger partial charge is 0.407 e. The van der Waals surface area contributed by atoms with Gasteiger partial charge in [-0.1, -0.05) is 30.3 Å². The fourth-order valence-electron chi connectivity index (χ4n) is 2.40. The van der Waals surface area contributed by atoms with E-state index in [0.717, 1.165) is 10.5 Å². The van der Waals surface area contributed by atoms with Crippen molar-refractivity contribution in [2.45, 2.75) is 12.1 Å². The molecule has 0 saturated carbocycles. The first kappa shape index (κ1) is 13.3. The first-order chi connectivity index (χ1) is 8.93. The lowest BCUT2D eigenvalue weighted by Crippen LogP contribution is -2.43. The van der Waals surface area contributed by atoms with Gasteiger partial charge in [-0.15, -0.1) is 0 Å². The molecule has 0 spiro atoms. The number of likely N-dealkylation sites (tertiary alicyclic amines) is 1. The number of rotatable bonds is 3. The predicted octanol–water partition coefficient (Wildman–Crippen LogP) is 1.63. The molecular weight excluding hydrogens is 253 g/mol. The summed E-state index contributed by atoms with van der Waals surface area (Å²) in [5.41, 5.74) is -1.73. The maximum absolute atomic E-state index is 14.5. The number of hydrogen-bond donors (Lipinski definition) is 2. The van der Waals surface area contributed by atoms with Gasteiger partial charge in [-0.05, 0) is 12.0 Å². The van der Waals surface area contributed by atoms with E-state index in [-0.39, 0.29) is 13.0 Å². The van der Waals surface area contributed by atoms with Crippen LogP contribution < -0.4 is 0 Å². The molecule has 1 aromatic carbocycles. The molecule has 0 unspecified atom stereocenters. The van der Waals surface area contributed by atoms with E-state index in [1.165, 1.54) is 0 Å². The van der Waals surface area contributed by atoms with E-state index in [9.17, 15) is 14.0 Å². The summed E-state index contributed by atoms with van der Waals surface area (Å²) in [6.07, 6.45) is -1.09. The molecule has 5 nitrogen and oxygen atoms in total. The first-order valence-electron chi connectivity index (χ1n) is 5.87. The van der Waals surface area contributed by atoms with Crippen molar-refractivity contribution in [2.75, 3.05) is 13.1 Å². The minimum absolute atomic E-state index is 0.104. The Hall–Kier alpha value is -2.11. The molecule has 2 atom stereocenters. The molecule has 102 valence electrons. The molecule has 0 radical (unpaired) electrons. The zero-order valence-electron chi connectivity index (χ0n) is 10.1. The van der Waals surface area contributed by atoms with Gasteiger partial charge in [0.15, 0.2) is 0 Å². The molecule has 6 heteroatoms.